The first-order valence-electron chi connectivity index (χ1n) is 6.30. The zero-order valence-corrected chi connectivity index (χ0v) is 11.4. The van der Waals surface area contributed by atoms with Crippen molar-refractivity contribution in [2.24, 2.45) is 5.73 Å². The van der Waals surface area contributed by atoms with Crippen LogP contribution in [0.3, 0.4) is 0 Å². The molecular formula is C15H14ClN3O. The van der Waals surface area contributed by atoms with Gasteiger partial charge in [0.1, 0.15) is 11.6 Å². The molecule has 0 saturated carbocycles. The van der Waals surface area contributed by atoms with Gasteiger partial charge in [-0.15, -0.1) is 0 Å². The molecule has 3 rings (SSSR count). The molecule has 5 heteroatoms. The van der Waals surface area contributed by atoms with Crippen LogP contribution < -0.4 is 5.73 Å². The number of imidazole rings is 1. The second-order valence-corrected chi connectivity index (χ2v) is 5.20. The summed E-state index contributed by atoms with van der Waals surface area (Å²) in [4.78, 5) is 7.68. The van der Waals surface area contributed by atoms with Gasteiger partial charge in [-0.25, -0.2) is 4.98 Å². The van der Waals surface area contributed by atoms with Crippen LogP contribution in [0.15, 0.2) is 42.5 Å². The average Bonchev–Trinajstić information content (AvgIpc) is 2.84. The lowest BCUT2D eigenvalue weighted by atomic mass is 10.1. The minimum Gasteiger partial charge on any atom is -0.508 e. The van der Waals surface area contributed by atoms with E-state index in [0.717, 1.165) is 22.4 Å². The standard InChI is InChI=1S/C15H14ClN3O/c16-10-3-6-13-14(8-10)19-15(18-13)12(17)7-9-1-4-11(20)5-2-9/h1-6,8,12,20H,7,17H2,(H,18,19). The summed E-state index contributed by atoms with van der Waals surface area (Å²) in [5.41, 5.74) is 8.96. The molecule has 1 heterocycles. The molecule has 1 aromatic heterocycles. The van der Waals surface area contributed by atoms with E-state index >= 15 is 0 Å². The number of nitrogens with one attached hydrogen (secondary N) is 1. The predicted molar refractivity (Wildman–Crippen MR) is 79.8 cm³/mol. The van der Waals surface area contributed by atoms with E-state index in [1.54, 1.807) is 18.2 Å². The topological polar surface area (TPSA) is 74.9 Å². The largest absolute Gasteiger partial charge is 0.508 e. The summed E-state index contributed by atoms with van der Waals surface area (Å²) in [6, 6.07) is 12.3. The zero-order valence-electron chi connectivity index (χ0n) is 10.7. The Bertz CT molecular complexity index is 736. The van der Waals surface area contributed by atoms with Crippen molar-refractivity contribution >= 4 is 22.6 Å². The summed E-state index contributed by atoms with van der Waals surface area (Å²) in [7, 11) is 0. The van der Waals surface area contributed by atoms with E-state index in [0.29, 0.717) is 11.4 Å². The Morgan fingerprint density at radius 1 is 1.20 bits per heavy atom. The van der Waals surface area contributed by atoms with Gasteiger partial charge < -0.3 is 15.8 Å². The third-order valence-corrected chi connectivity index (χ3v) is 3.44. The van der Waals surface area contributed by atoms with Crippen molar-refractivity contribution in [3.63, 3.8) is 0 Å². The second kappa shape index (κ2) is 5.15. The molecule has 4 nitrogen and oxygen atoms in total. The summed E-state index contributed by atoms with van der Waals surface area (Å²) < 4.78 is 0. The molecule has 20 heavy (non-hydrogen) atoms. The fourth-order valence-electron chi connectivity index (χ4n) is 2.16. The number of fused-ring (bicyclic) bond motifs is 1. The molecule has 3 aromatic rings. The van der Waals surface area contributed by atoms with Crippen LogP contribution in [0.5, 0.6) is 5.75 Å². The van der Waals surface area contributed by atoms with Crippen molar-refractivity contribution in [1.82, 2.24) is 9.97 Å². The molecule has 0 amide bonds. The zero-order chi connectivity index (χ0) is 14.1. The molecule has 0 bridgehead atoms. The molecule has 1 unspecified atom stereocenters. The molecule has 0 fully saturated rings. The Labute approximate surface area is 121 Å². The summed E-state index contributed by atoms with van der Waals surface area (Å²) in [6.07, 6.45) is 0.647. The van der Waals surface area contributed by atoms with Gasteiger partial charge in [0.15, 0.2) is 0 Å². The summed E-state index contributed by atoms with van der Waals surface area (Å²) >= 11 is 5.95. The quantitative estimate of drug-likeness (QED) is 0.692. The van der Waals surface area contributed by atoms with E-state index in [4.69, 9.17) is 17.3 Å². The summed E-state index contributed by atoms with van der Waals surface area (Å²) in [6.45, 7) is 0. The van der Waals surface area contributed by atoms with Gasteiger partial charge in [-0.2, -0.15) is 0 Å². The summed E-state index contributed by atoms with van der Waals surface area (Å²) in [5, 5.41) is 9.93. The van der Waals surface area contributed by atoms with Crippen molar-refractivity contribution < 1.29 is 5.11 Å². The molecule has 0 aliphatic heterocycles. The number of aromatic nitrogens is 2. The van der Waals surface area contributed by atoms with Gasteiger partial charge in [0.25, 0.3) is 0 Å². The van der Waals surface area contributed by atoms with Gasteiger partial charge in [-0.05, 0) is 42.3 Å². The fourth-order valence-corrected chi connectivity index (χ4v) is 2.33. The average molecular weight is 288 g/mol. The van der Waals surface area contributed by atoms with Gasteiger partial charge in [0, 0.05) is 5.02 Å². The Balaban J connectivity index is 1.84. The molecule has 0 saturated heterocycles. The minimum absolute atomic E-state index is 0.231. The Kier molecular flexibility index (Phi) is 3.34. The summed E-state index contributed by atoms with van der Waals surface area (Å²) in [5.74, 6) is 0.982. The van der Waals surface area contributed by atoms with Gasteiger partial charge in [-0.3, -0.25) is 0 Å². The highest BCUT2D eigenvalue weighted by molar-refractivity contribution is 6.31. The number of nitrogens with zero attached hydrogens (tertiary/aromatic N) is 1. The van der Waals surface area contributed by atoms with Crippen LogP contribution in [0.4, 0.5) is 0 Å². The molecule has 2 aromatic carbocycles. The van der Waals surface area contributed by atoms with Crippen LogP contribution in [0.25, 0.3) is 11.0 Å². The highest BCUT2D eigenvalue weighted by Crippen LogP contribution is 2.21. The van der Waals surface area contributed by atoms with Crippen molar-refractivity contribution in [1.29, 1.82) is 0 Å². The van der Waals surface area contributed by atoms with Gasteiger partial charge >= 0.3 is 0 Å². The highest BCUT2D eigenvalue weighted by Gasteiger charge is 2.12. The number of aromatic hydroxyl groups is 1. The number of benzene rings is 2. The number of phenols is 1. The van der Waals surface area contributed by atoms with E-state index in [2.05, 4.69) is 9.97 Å². The number of hydrogen-bond donors (Lipinski definition) is 3. The Hall–Kier alpha value is -2.04. The number of hydrogen-bond acceptors (Lipinski definition) is 3. The maximum atomic E-state index is 9.27. The van der Waals surface area contributed by atoms with Crippen LogP contribution in [-0.4, -0.2) is 15.1 Å². The number of rotatable bonds is 3. The van der Waals surface area contributed by atoms with Gasteiger partial charge in [0.05, 0.1) is 17.1 Å². The molecule has 0 spiro atoms. The lowest BCUT2D eigenvalue weighted by Gasteiger charge is -2.08. The second-order valence-electron chi connectivity index (χ2n) is 4.76. The normalized spacial score (nSPS) is 12.7. The maximum Gasteiger partial charge on any atom is 0.124 e. The Morgan fingerprint density at radius 2 is 1.95 bits per heavy atom. The van der Waals surface area contributed by atoms with E-state index in [-0.39, 0.29) is 11.8 Å². The Morgan fingerprint density at radius 3 is 2.70 bits per heavy atom. The third-order valence-electron chi connectivity index (χ3n) is 3.21. The smallest absolute Gasteiger partial charge is 0.124 e. The predicted octanol–water partition coefficient (Wildman–Crippen LogP) is 3.16. The first-order valence-corrected chi connectivity index (χ1v) is 6.68. The van der Waals surface area contributed by atoms with E-state index in [9.17, 15) is 5.11 Å². The molecule has 0 aliphatic rings. The molecular weight excluding hydrogens is 274 g/mol. The molecule has 0 radical (unpaired) electrons. The molecule has 0 aliphatic carbocycles. The number of nitrogens with two attached hydrogens (primary N) is 1. The van der Waals surface area contributed by atoms with Crippen LogP contribution >= 0.6 is 11.6 Å². The lowest BCUT2D eigenvalue weighted by molar-refractivity contribution is 0.475. The van der Waals surface area contributed by atoms with Crippen LogP contribution in [0.2, 0.25) is 5.02 Å². The van der Waals surface area contributed by atoms with Gasteiger partial charge in [0.2, 0.25) is 0 Å². The lowest BCUT2D eigenvalue weighted by Crippen LogP contribution is -2.14. The maximum absolute atomic E-state index is 9.27. The number of H-pyrrole nitrogens is 1. The van der Waals surface area contributed by atoms with E-state index < -0.39 is 0 Å². The minimum atomic E-state index is -0.231. The van der Waals surface area contributed by atoms with Crippen molar-refractivity contribution in [3.8, 4) is 5.75 Å². The SMILES string of the molecule is NC(Cc1ccc(O)cc1)c1nc2ccc(Cl)cc2[nH]1. The van der Waals surface area contributed by atoms with Crippen molar-refractivity contribution in [2.75, 3.05) is 0 Å². The molecule has 102 valence electrons. The van der Waals surface area contributed by atoms with Crippen LogP contribution in [0.1, 0.15) is 17.4 Å². The van der Waals surface area contributed by atoms with E-state index in [1.807, 2.05) is 24.3 Å². The monoisotopic (exact) mass is 287 g/mol. The number of aromatic amines is 1. The van der Waals surface area contributed by atoms with Gasteiger partial charge in [-0.1, -0.05) is 23.7 Å². The first kappa shape index (κ1) is 13.0. The van der Waals surface area contributed by atoms with Crippen LogP contribution in [0, 0.1) is 0 Å². The van der Waals surface area contributed by atoms with Crippen LogP contribution in [-0.2, 0) is 6.42 Å². The first-order chi connectivity index (χ1) is 9.61. The highest BCUT2D eigenvalue weighted by atomic mass is 35.5. The number of phenolic OH excluding ortho intramolecular Hbond substituents is 1. The molecule has 1 atom stereocenters. The van der Waals surface area contributed by atoms with Crippen molar-refractivity contribution in [3.05, 3.63) is 58.9 Å². The number of halogens is 1. The van der Waals surface area contributed by atoms with E-state index in [1.165, 1.54) is 0 Å². The third kappa shape index (κ3) is 2.61. The fraction of sp³-hybridized carbons (Fsp3) is 0.133. The molecule has 4 N–H and O–H groups in total. The van der Waals surface area contributed by atoms with Crippen molar-refractivity contribution in [2.45, 2.75) is 12.5 Å².